The summed E-state index contributed by atoms with van der Waals surface area (Å²) in [5.74, 6) is 0.0778. The van der Waals surface area contributed by atoms with Crippen LogP contribution in [0.2, 0.25) is 0 Å². The first kappa shape index (κ1) is 16.8. The lowest BCUT2D eigenvalue weighted by molar-refractivity contribution is -0.121. The van der Waals surface area contributed by atoms with Crippen molar-refractivity contribution in [2.75, 3.05) is 6.26 Å². The van der Waals surface area contributed by atoms with Gasteiger partial charge in [-0.05, 0) is 36.2 Å². The molecule has 122 valence electrons. The number of aromatic nitrogens is 2. The van der Waals surface area contributed by atoms with Crippen LogP contribution < -0.4 is 5.32 Å². The van der Waals surface area contributed by atoms with Gasteiger partial charge in [0.05, 0.1) is 0 Å². The topological polar surface area (TPSA) is 54.9 Å². The summed E-state index contributed by atoms with van der Waals surface area (Å²) in [7, 11) is 0. The second-order valence-electron chi connectivity index (χ2n) is 5.45. The van der Waals surface area contributed by atoms with E-state index in [4.69, 9.17) is 0 Å². The molecule has 1 aliphatic carbocycles. The van der Waals surface area contributed by atoms with Crippen LogP contribution in [0.4, 0.5) is 0 Å². The van der Waals surface area contributed by atoms with Crippen LogP contribution in [0.25, 0.3) is 0 Å². The maximum Gasteiger partial charge on any atom is 0.238 e. The van der Waals surface area contributed by atoms with Crippen molar-refractivity contribution < 1.29 is 4.79 Å². The van der Waals surface area contributed by atoms with Gasteiger partial charge in [-0.3, -0.25) is 4.79 Å². The van der Waals surface area contributed by atoms with Crippen LogP contribution in [-0.4, -0.2) is 27.6 Å². The molecule has 1 N–H and O–H groups in total. The number of benzene rings is 1. The first-order valence-corrected chi connectivity index (χ1v) is 10.5. The van der Waals surface area contributed by atoms with Crippen molar-refractivity contribution in [1.29, 1.82) is 0 Å². The molecule has 1 amide bonds. The normalized spacial score (nSPS) is 16.4. The molecule has 1 atom stereocenters. The average molecular weight is 366 g/mol. The minimum atomic E-state index is -0.278. The smallest absolute Gasteiger partial charge is 0.238 e. The first-order chi connectivity index (χ1) is 11.3. The zero-order valence-corrected chi connectivity index (χ0v) is 15.3. The lowest BCUT2D eigenvalue weighted by atomic mass is 10.1. The van der Waals surface area contributed by atoms with Gasteiger partial charge in [0.25, 0.3) is 0 Å². The summed E-state index contributed by atoms with van der Waals surface area (Å²) in [5.41, 5.74) is 1.01. The van der Waals surface area contributed by atoms with Gasteiger partial charge in [-0.1, -0.05) is 66.7 Å². The molecule has 1 heterocycles. The standard InChI is InChI=1S/C16H19N3OS3/c1-21-15-18-16(23-19-15)22-13(11-7-3-2-4-8-11)14(20)17-12-9-5-6-10-12/h2-4,7-8,12-13H,5-6,9-10H2,1H3,(H,17,20)/t13-/m1/s1. The number of hydrogen-bond acceptors (Lipinski definition) is 6. The van der Waals surface area contributed by atoms with E-state index >= 15 is 0 Å². The van der Waals surface area contributed by atoms with Crippen molar-refractivity contribution >= 4 is 41.0 Å². The number of carbonyl (C=O) groups is 1. The quantitative estimate of drug-likeness (QED) is 0.779. The fraction of sp³-hybridized carbons (Fsp3) is 0.438. The fourth-order valence-electron chi connectivity index (χ4n) is 2.68. The lowest BCUT2D eigenvalue weighted by Gasteiger charge is -2.19. The Hall–Kier alpha value is -1.05. The Kier molecular flexibility index (Phi) is 5.96. The minimum Gasteiger partial charge on any atom is -0.352 e. The van der Waals surface area contributed by atoms with E-state index < -0.39 is 0 Å². The van der Waals surface area contributed by atoms with Crippen LogP contribution in [0.3, 0.4) is 0 Å². The predicted octanol–water partition coefficient (Wildman–Crippen LogP) is 4.15. The van der Waals surface area contributed by atoms with Crippen molar-refractivity contribution in [2.45, 2.75) is 46.5 Å². The second-order valence-corrected chi connectivity index (χ2v) is 8.32. The Bertz CT molecular complexity index is 641. The van der Waals surface area contributed by atoms with Crippen molar-refractivity contribution in [1.82, 2.24) is 14.7 Å². The van der Waals surface area contributed by atoms with Crippen LogP contribution in [0.1, 0.15) is 36.5 Å². The van der Waals surface area contributed by atoms with Gasteiger partial charge in [0, 0.05) is 6.04 Å². The molecule has 0 unspecified atom stereocenters. The van der Waals surface area contributed by atoms with Crippen LogP contribution >= 0.6 is 35.1 Å². The summed E-state index contributed by atoms with van der Waals surface area (Å²) in [6.07, 6.45) is 6.56. The monoisotopic (exact) mass is 365 g/mol. The number of rotatable bonds is 6. The molecule has 1 aromatic carbocycles. The van der Waals surface area contributed by atoms with E-state index in [0.717, 1.165) is 27.9 Å². The molecule has 1 fully saturated rings. The molecule has 0 saturated heterocycles. The molecular formula is C16H19N3OS3. The highest BCUT2D eigenvalue weighted by Crippen LogP contribution is 2.37. The Balaban J connectivity index is 1.76. The van der Waals surface area contributed by atoms with E-state index in [1.54, 1.807) is 0 Å². The summed E-state index contributed by atoms with van der Waals surface area (Å²) < 4.78 is 5.12. The number of thioether (sulfide) groups is 2. The Labute approximate surface area is 149 Å². The van der Waals surface area contributed by atoms with Gasteiger partial charge in [0.15, 0.2) is 4.34 Å². The van der Waals surface area contributed by atoms with Gasteiger partial charge in [-0.15, -0.1) is 0 Å². The second kappa shape index (κ2) is 8.17. The molecule has 4 nitrogen and oxygen atoms in total. The number of nitrogens with one attached hydrogen (secondary N) is 1. The first-order valence-electron chi connectivity index (χ1n) is 7.66. The summed E-state index contributed by atoms with van der Waals surface area (Å²) in [6, 6.07) is 10.2. The molecule has 0 bridgehead atoms. The number of hydrogen-bond donors (Lipinski definition) is 1. The molecule has 7 heteroatoms. The Morgan fingerprint density at radius 1 is 1.30 bits per heavy atom. The van der Waals surface area contributed by atoms with Crippen LogP contribution in [0.5, 0.6) is 0 Å². The zero-order chi connectivity index (χ0) is 16.1. The van der Waals surface area contributed by atoms with Crippen molar-refractivity contribution in [2.24, 2.45) is 0 Å². The molecule has 0 aliphatic heterocycles. The third-order valence-electron chi connectivity index (χ3n) is 3.83. The van der Waals surface area contributed by atoms with Gasteiger partial charge in [-0.25, -0.2) is 4.98 Å². The van der Waals surface area contributed by atoms with Crippen LogP contribution in [0.15, 0.2) is 39.8 Å². The predicted molar refractivity (Wildman–Crippen MR) is 97.1 cm³/mol. The van der Waals surface area contributed by atoms with Crippen molar-refractivity contribution in [3.8, 4) is 0 Å². The summed E-state index contributed by atoms with van der Waals surface area (Å²) in [4.78, 5) is 17.3. The van der Waals surface area contributed by atoms with Crippen molar-refractivity contribution in [3.63, 3.8) is 0 Å². The van der Waals surface area contributed by atoms with E-state index in [-0.39, 0.29) is 11.2 Å². The number of nitrogens with zero attached hydrogens (tertiary/aromatic N) is 2. The number of carbonyl (C=O) groups excluding carboxylic acids is 1. The van der Waals surface area contributed by atoms with Crippen molar-refractivity contribution in [3.05, 3.63) is 35.9 Å². The highest BCUT2D eigenvalue weighted by molar-refractivity contribution is 8.02. The molecule has 0 radical (unpaired) electrons. The van der Waals surface area contributed by atoms with Crippen LogP contribution in [-0.2, 0) is 4.79 Å². The van der Waals surface area contributed by atoms with Gasteiger partial charge < -0.3 is 5.32 Å². The molecule has 1 aromatic heterocycles. The lowest BCUT2D eigenvalue weighted by Crippen LogP contribution is -2.35. The highest BCUT2D eigenvalue weighted by atomic mass is 32.2. The van der Waals surface area contributed by atoms with E-state index in [1.165, 1.54) is 47.9 Å². The van der Waals surface area contributed by atoms with Gasteiger partial charge >= 0.3 is 0 Å². The molecule has 0 spiro atoms. The van der Waals surface area contributed by atoms with E-state index in [2.05, 4.69) is 14.7 Å². The number of amides is 1. The Morgan fingerprint density at radius 2 is 2.04 bits per heavy atom. The van der Waals surface area contributed by atoms with Gasteiger partial charge in [-0.2, -0.15) is 4.37 Å². The van der Waals surface area contributed by atoms with Crippen LogP contribution in [0, 0.1) is 0 Å². The molecule has 1 aliphatic rings. The van der Waals surface area contributed by atoms with E-state index in [1.807, 2.05) is 36.6 Å². The molecular weight excluding hydrogens is 346 g/mol. The largest absolute Gasteiger partial charge is 0.352 e. The fourth-order valence-corrected chi connectivity index (χ4v) is 5.09. The molecule has 23 heavy (non-hydrogen) atoms. The third kappa shape index (κ3) is 4.49. The van der Waals surface area contributed by atoms with E-state index in [0.29, 0.717) is 6.04 Å². The van der Waals surface area contributed by atoms with Gasteiger partial charge in [0.2, 0.25) is 11.1 Å². The minimum absolute atomic E-state index is 0.0778. The van der Waals surface area contributed by atoms with E-state index in [9.17, 15) is 4.79 Å². The Morgan fingerprint density at radius 3 is 2.70 bits per heavy atom. The molecule has 1 saturated carbocycles. The maximum absolute atomic E-state index is 12.8. The highest BCUT2D eigenvalue weighted by Gasteiger charge is 2.27. The SMILES string of the molecule is CSc1nsc(S[C@@H](C(=O)NC2CCCC2)c2ccccc2)n1. The molecule has 3 rings (SSSR count). The molecule has 2 aromatic rings. The summed E-state index contributed by atoms with van der Waals surface area (Å²) >= 11 is 4.37. The summed E-state index contributed by atoms with van der Waals surface area (Å²) in [5, 5.41) is 3.70. The third-order valence-corrected chi connectivity index (χ3v) is 6.53. The maximum atomic E-state index is 12.8. The van der Waals surface area contributed by atoms with Gasteiger partial charge in [0.1, 0.15) is 5.25 Å². The zero-order valence-electron chi connectivity index (χ0n) is 12.9. The average Bonchev–Trinajstić information content (AvgIpc) is 3.24. The summed E-state index contributed by atoms with van der Waals surface area (Å²) in [6.45, 7) is 0.